The van der Waals surface area contributed by atoms with Crippen LogP contribution >= 0.6 is 35.1 Å². The highest BCUT2D eigenvalue weighted by Gasteiger charge is 2.25. The molecule has 1 saturated heterocycles. The number of rotatable bonds is 7. The number of thiazole rings is 1. The van der Waals surface area contributed by atoms with Gasteiger partial charge in [-0.15, -0.1) is 23.7 Å². The molecule has 0 bridgehead atoms. The summed E-state index contributed by atoms with van der Waals surface area (Å²) in [7, 11) is 0. The summed E-state index contributed by atoms with van der Waals surface area (Å²) in [6.45, 7) is 6.43. The maximum atomic E-state index is 13.7. The fraction of sp³-hybridized carbons (Fsp3) is 0.333. The number of non-ortho nitro benzene ring substituents is 1. The number of aromatic nitrogens is 1. The lowest BCUT2D eigenvalue weighted by Crippen LogP contribution is -2.43. The number of nitro benzene ring substituents is 1. The van der Waals surface area contributed by atoms with Gasteiger partial charge in [-0.25, -0.2) is 4.98 Å². The Morgan fingerprint density at radius 1 is 1.14 bits per heavy atom. The maximum absolute atomic E-state index is 13.7. The van der Waals surface area contributed by atoms with Gasteiger partial charge in [-0.05, 0) is 36.2 Å². The minimum absolute atomic E-state index is 0. The van der Waals surface area contributed by atoms with Crippen molar-refractivity contribution in [2.75, 3.05) is 44.3 Å². The molecule has 0 aliphatic carbocycles. The van der Waals surface area contributed by atoms with E-state index in [4.69, 9.17) is 9.72 Å². The Balaban J connectivity index is 0.00000289. The van der Waals surface area contributed by atoms with Crippen molar-refractivity contribution in [3.63, 3.8) is 0 Å². The average Bonchev–Trinajstić information content (AvgIpc) is 3.47. The van der Waals surface area contributed by atoms with E-state index in [0.717, 1.165) is 41.0 Å². The minimum Gasteiger partial charge on any atom is -0.379 e. The topological polar surface area (TPSA) is 88.8 Å². The van der Waals surface area contributed by atoms with Crippen LogP contribution in [-0.2, 0) is 11.2 Å². The number of carbonyl (C=O) groups is 1. The average molecular weight is 533 g/mol. The molecular formula is C24H25ClN4O4S2. The molecule has 0 atom stereocenters. The molecule has 2 aromatic heterocycles. The van der Waals surface area contributed by atoms with Crippen molar-refractivity contribution in [2.45, 2.75) is 13.3 Å². The third-order valence-electron chi connectivity index (χ3n) is 5.99. The normalized spacial score (nSPS) is 14.2. The van der Waals surface area contributed by atoms with Gasteiger partial charge < -0.3 is 4.74 Å². The SMILES string of the molecule is CCc1ccc2nc(N(CCN3CCOCC3)C(=O)c3cc4cc([N+](=O)[O-])ccc4s3)sc2c1.Cl. The number of aryl methyl sites for hydroxylation is 1. The van der Waals surface area contributed by atoms with Crippen LogP contribution in [0.3, 0.4) is 0 Å². The summed E-state index contributed by atoms with van der Waals surface area (Å²) in [4.78, 5) is 33.9. The number of morpholine rings is 1. The van der Waals surface area contributed by atoms with Crippen molar-refractivity contribution >= 4 is 72.1 Å². The number of nitrogens with zero attached hydrogens (tertiary/aromatic N) is 4. The van der Waals surface area contributed by atoms with Crippen molar-refractivity contribution < 1.29 is 14.5 Å². The lowest BCUT2D eigenvalue weighted by molar-refractivity contribution is -0.384. The first-order valence-electron chi connectivity index (χ1n) is 11.2. The number of nitro groups is 1. The van der Waals surface area contributed by atoms with E-state index in [-0.39, 0.29) is 24.0 Å². The quantitative estimate of drug-likeness (QED) is 0.234. The Labute approximate surface area is 216 Å². The van der Waals surface area contributed by atoms with Crippen LogP contribution in [0.1, 0.15) is 22.2 Å². The maximum Gasteiger partial charge on any atom is 0.270 e. The molecule has 3 heterocycles. The number of ether oxygens (including phenoxy) is 1. The van der Waals surface area contributed by atoms with Gasteiger partial charge >= 0.3 is 0 Å². The summed E-state index contributed by atoms with van der Waals surface area (Å²) < 4.78 is 7.36. The number of hydrogen-bond acceptors (Lipinski definition) is 8. The zero-order chi connectivity index (χ0) is 23.7. The number of fused-ring (bicyclic) bond motifs is 2. The van der Waals surface area contributed by atoms with Gasteiger partial charge in [-0.1, -0.05) is 24.3 Å². The van der Waals surface area contributed by atoms with Crippen molar-refractivity contribution in [3.8, 4) is 0 Å². The molecule has 0 unspecified atom stereocenters. The van der Waals surface area contributed by atoms with E-state index < -0.39 is 4.92 Å². The molecule has 4 aromatic rings. The van der Waals surface area contributed by atoms with Crippen LogP contribution < -0.4 is 4.90 Å². The standard InChI is InChI=1S/C24H24N4O4S2.ClH/c1-2-16-3-5-19-21(13-16)34-24(25-19)27(8-7-26-9-11-32-12-10-26)23(29)22-15-17-14-18(28(30)31)4-6-20(17)33-22;/h3-6,13-15H,2,7-12H2,1H3;1H. The van der Waals surface area contributed by atoms with E-state index in [1.165, 1.54) is 40.4 Å². The molecule has 5 rings (SSSR count). The zero-order valence-electron chi connectivity index (χ0n) is 19.1. The molecule has 0 radical (unpaired) electrons. The van der Waals surface area contributed by atoms with Gasteiger partial charge in [0.1, 0.15) is 0 Å². The van der Waals surface area contributed by atoms with Crippen molar-refractivity contribution in [1.29, 1.82) is 0 Å². The monoisotopic (exact) mass is 532 g/mol. The molecule has 2 aromatic carbocycles. The van der Waals surface area contributed by atoms with Crippen LogP contribution in [-0.4, -0.2) is 60.1 Å². The number of amides is 1. The number of hydrogen-bond donors (Lipinski definition) is 0. The predicted molar refractivity (Wildman–Crippen MR) is 144 cm³/mol. The Morgan fingerprint density at radius 3 is 2.69 bits per heavy atom. The lowest BCUT2D eigenvalue weighted by atomic mass is 10.2. The smallest absolute Gasteiger partial charge is 0.270 e. The largest absolute Gasteiger partial charge is 0.379 e. The molecule has 1 aliphatic rings. The van der Waals surface area contributed by atoms with Crippen LogP contribution in [0.2, 0.25) is 0 Å². The molecule has 8 nitrogen and oxygen atoms in total. The van der Waals surface area contributed by atoms with Crippen molar-refractivity contribution in [2.24, 2.45) is 0 Å². The van der Waals surface area contributed by atoms with E-state index >= 15 is 0 Å². The first-order chi connectivity index (χ1) is 16.5. The summed E-state index contributed by atoms with van der Waals surface area (Å²) in [5.41, 5.74) is 2.14. The summed E-state index contributed by atoms with van der Waals surface area (Å²) in [5, 5.41) is 12.5. The van der Waals surface area contributed by atoms with Crippen LogP contribution in [0.15, 0.2) is 42.5 Å². The molecule has 1 fully saturated rings. The summed E-state index contributed by atoms with van der Waals surface area (Å²) in [5.74, 6) is -0.133. The second-order valence-electron chi connectivity index (χ2n) is 8.15. The third-order valence-corrected chi connectivity index (χ3v) is 8.14. The molecule has 1 aliphatic heterocycles. The summed E-state index contributed by atoms with van der Waals surface area (Å²) in [6.07, 6.45) is 0.941. The lowest BCUT2D eigenvalue weighted by Gasteiger charge is -2.29. The Morgan fingerprint density at radius 2 is 1.94 bits per heavy atom. The van der Waals surface area contributed by atoms with Crippen LogP contribution in [0.5, 0.6) is 0 Å². The Kier molecular flexibility index (Phi) is 7.98. The van der Waals surface area contributed by atoms with Gasteiger partial charge in [0.15, 0.2) is 5.13 Å². The van der Waals surface area contributed by atoms with Crippen LogP contribution in [0.25, 0.3) is 20.3 Å². The van der Waals surface area contributed by atoms with E-state index in [1.807, 2.05) is 6.07 Å². The number of anilines is 1. The van der Waals surface area contributed by atoms with E-state index in [1.54, 1.807) is 17.0 Å². The van der Waals surface area contributed by atoms with Gasteiger partial charge in [0, 0.05) is 48.4 Å². The Bertz CT molecular complexity index is 1370. The van der Waals surface area contributed by atoms with Crippen LogP contribution in [0, 0.1) is 10.1 Å². The molecule has 35 heavy (non-hydrogen) atoms. The third kappa shape index (κ3) is 5.46. The first-order valence-corrected chi connectivity index (χ1v) is 12.8. The van der Waals surface area contributed by atoms with E-state index in [9.17, 15) is 14.9 Å². The highest BCUT2D eigenvalue weighted by molar-refractivity contribution is 7.23. The summed E-state index contributed by atoms with van der Waals surface area (Å²) in [6, 6.07) is 12.7. The van der Waals surface area contributed by atoms with Crippen molar-refractivity contribution in [1.82, 2.24) is 9.88 Å². The summed E-state index contributed by atoms with van der Waals surface area (Å²) >= 11 is 2.88. The predicted octanol–water partition coefficient (Wildman–Crippen LogP) is 5.38. The first kappa shape index (κ1) is 25.5. The molecular weight excluding hydrogens is 508 g/mol. The van der Waals surface area contributed by atoms with Gasteiger partial charge in [-0.3, -0.25) is 24.7 Å². The van der Waals surface area contributed by atoms with Gasteiger partial charge in [0.25, 0.3) is 11.6 Å². The van der Waals surface area contributed by atoms with Gasteiger partial charge in [0.05, 0.1) is 33.2 Å². The molecule has 1 amide bonds. The second kappa shape index (κ2) is 11.0. The molecule has 0 spiro atoms. The van der Waals surface area contributed by atoms with Crippen LogP contribution in [0.4, 0.5) is 10.8 Å². The molecule has 11 heteroatoms. The highest BCUT2D eigenvalue weighted by Crippen LogP contribution is 2.34. The fourth-order valence-corrected chi connectivity index (χ4v) is 6.07. The second-order valence-corrected chi connectivity index (χ2v) is 10.2. The Hall–Kier alpha value is -2.63. The highest BCUT2D eigenvalue weighted by atomic mass is 35.5. The molecule has 184 valence electrons. The fourth-order valence-electron chi connectivity index (χ4n) is 4.03. The van der Waals surface area contributed by atoms with Gasteiger partial charge in [-0.2, -0.15) is 0 Å². The number of carbonyl (C=O) groups excluding carboxylic acids is 1. The minimum atomic E-state index is -0.418. The zero-order valence-corrected chi connectivity index (χ0v) is 21.6. The van der Waals surface area contributed by atoms with E-state index in [0.29, 0.717) is 35.2 Å². The van der Waals surface area contributed by atoms with Crippen molar-refractivity contribution in [3.05, 3.63) is 63.0 Å². The number of thiophene rings is 1. The van der Waals surface area contributed by atoms with Gasteiger partial charge in [0.2, 0.25) is 0 Å². The molecule has 0 N–H and O–H groups in total. The number of benzene rings is 2. The molecule has 0 saturated carbocycles. The number of halogens is 1. The van der Waals surface area contributed by atoms with E-state index in [2.05, 4.69) is 24.0 Å².